The molecule has 1 aliphatic heterocycles. The Kier molecular flexibility index (Phi) is 5.40. The van der Waals surface area contributed by atoms with Crippen molar-refractivity contribution in [2.45, 2.75) is 12.5 Å². The van der Waals surface area contributed by atoms with Crippen LogP contribution in [0.4, 0.5) is 0 Å². The zero-order valence-corrected chi connectivity index (χ0v) is 14.9. The number of hydrogen-bond acceptors (Lipinski definition) is 6. The van der Waals surface area contributed by atoms with Gasteiger partial charge < -0.3 is 14.5 Å². The maximum Gasteiger partial charge on any atom is 0.272 e. The first-order chi connectivity index (χ1) is 12.1. The van der Waals surface area contributed by atoms with Gasteiger partial charge in [-0.15, -0.1) is 5.10 Å². The lowest BCUT2D eigenvalue weighted by molar-refractivity contribution is 0.0608. The highest BCUT2D eigenvalue weighted by atomic mass is 16.5. The quantitative estimate of drug-likeness (QED) is 0.712. The smallest absolute Gasteiger partial charge is 0.272 e. The molecule has 1 aliphatic rings. The van der Waals surface area contributed by atoms with E-state index in [4.69, 9.17) is 4.74 Å². The van der Waals surface area contributed by atoms with Crippen molar-refractivity contribution in [1.29, 1.82) is 0 Å². The second-order valence-electron chi connectivity index (χ2n) is 6.52. The van der Waals surface area contributed by atoms with E-state index in [2.05, 4.69) is 20.2 Å². The van der Waals surface area contributed by atoms with Gasteiger partial charge in [0.15, 0.2) is 0 Å². The summed E-state index contributed by atoms with van der Waals surface area (Å²) in [7, 11) is 5.91. The van der Waals surface area contributed by atoms with Crippen molar-refractivity contribution < 1.29 is 9.53 Å². The largest absolute Gasteiger partial charge is 0.379 e. The number of nitrogens with zero attached hydrogens (tertiary/aromatic N) is 6. The first-order valence-electron chi connectivity index (χ1n) is 8.37. The van der Waals surface area contributed by atoms with Gasteiger partial charge in [0.25, 0.3) is 5.91 Å². The van der Waals surface area contributed by atoms with Crippen LogP contribution in [-0.4, -0.2) is 76.1 Å². The lowest BCUT2D eigenvalue weighted by atomic mass is 9.98. The van der Waals surface area contributed by atoms with Crippen LogP contribution in [0.15, 0.2) is 24.4 Å². The second kappa shape index (κ2) is 7.71. The third kappa shape index (κ3) is 4.02. The highest BCUT2D eigenvalue weighted by molar-refractivity contribution is 5.92. The van der Waals surface area contributed by atoms with Crippen molar-refractivity contribution in [2.24, 2.45) is 7.05 Å². The van der Waals surface area contributed by atoms with Crippen LogP contribution in [0.25, 0.3) is 0 Å². The molecule has 0 unspecified atom stereocenters. The molecule has 0 radical (unpaired) electrons. The number of aromatic nitrogens is 4. The molecular weight excluding hydrogens is 320 g/mol. The summed E-state index contributed by atoms with van der Waals surface area (Å²) >= 11 is 0. The van der Waals surface area contributed by atoms with E-state index in [1.807, 2.05) is 27.2 Å². The van der Waals surface area contributed by atoms with Crippen molar-refractivity contribution in [2.75, 3.05) is 40.4 Å². The Morgan fingerprint density at radius 3 is 2.96 bits per heavy atom. The molecule has 1 atom stereocenters. The molecule has 1 amide bonds. The van der Waals surface area contributed by atoms with E-state index in [0.29, 0.717) is 32.0 Å². The van der Waals surface area contributed by atoms with Gasteiger partial charge in [-0.2, -0.15) is 0 Å². The number of likely N-dealkylation sites (N-methyl/N-ethyl adjacent to an activating group) is 1. The van der Waals surface area contributed by atoms with Crippen LogP contribution in [-0.2, 0) is 18.3 Å². The van der Waals surface area contributed by atoms with Gasteiger partial charge in [-0.3, -0.25) is 14.5 Å². The molecule has 0 saturated heterocycles. The SMILES string of the molecule is CN(C)CCOC[C@H]1CN(C(=O)c2ccccn2)Cc2nnn(C)c21. The highest BCUT2D eigenvalue weighted by Gasteiger charge is 2.33. The van der Waals surface area contributed by atoms with Crippen LogP contribution in [0.5, 0.6) is 0 Å². The van der Waals surface area contributed by atoms with E-state index in [9.17, 15) is 4.79 Å². The minimum absolute atomic E-state index is 0.0542. The second-order valence-corrected chi connectivity index (χ2v) is 6.52. The molecule has 8 nitrogen and oxygen atoms in total. The third-order valence-electron chi connectivity index (χ3n) is 4.29. The number of amides is 1. The number of aryl methyl sites for hydroxylation is 1. The molecule has 0 aliphatic carbocycles. The van der Waals surface area contributed by atoms with Crippen molar-refractivity contribution in [1.82, 2.24) is 29.8 Å². The standard InChI is InChI=1S/C17H24N6O2/c1-21(2)8-9-25-12-13-10-23(11-15-16(13)22(3)20-19-15)17(24)14-6-4-5-7-18-14/h4-7,13H,8-12H2,1-3H3/t13-/m1/s1. The van der Waals surface area contributed by atoms with Crippen molar-refractivity contribution >= 4 is 5.91 Å². The number of rotatable bonds is 6. The Morgan fingerprint density at radius 1 is 1.40 bits per heavy atom. The Hall–Kier alpha value is -2.32. The summed E-state index contributed by atoms with van der Waals surface area (Å²) in [6.07, 6.45) is 1.63. The molecule has 2 aromatic rings. The van der Waals surface area contributed by atoms with Gasteiger partial charge in [-0.25, -0.2) is 0 Å². The predicted molar refractivity (Wildman–Crippen MR) is 92.1 cm³/mol. The molecule has 3 rings (SSSR count). The van der Waals surface area contributed by atoms with Gasteiger partial charge in [0.1, 0.15) is 11.4 Å². The fraction of sp³-hybridized carbons (Fsp3) is 0.529. The van der Waals surface area contributed by atoms with Crippen molar-refractivity contribution in [3.8, 4) is 0 Å². The van der Waals surface area contributed by atoms with Gasteiger partial charge in [0.2, 0.25) is 0 Å². The van der Waals surface area contributed by atoms with Crippen LogP contribution in [0, 0.1) is 0 Å². The summed E-state index contributed by atoms with van der Waals surface area (Å²) in [5.74, 6) is -0.0335. The van der Waals surface area contributed by atoms with Crippen molar-refractivity contribution in [3.05, 3.63) is 41.5 Å². The first-order valence-corrected chi connectivity index (χ1v) is 8.37. The van der Waals surface area contributed by atoms with Crippen molar-refractivity contribution in [3.63, 3.8) is 0 Å². The maximum atomic E-state index is 12.7. The molecule has 0 aromatic carbocycles. The minimum Gasteiger partial charge on any atom is -0.379 e. The Labute approximate surface area is 147 Å². The Bertz CT molecular complexity index is 715. The summed E-state index contributed by atoms with van der Waals surface area (Å²) in [4.78, 5) is 20.8. The Balaban J connectivity index is 1.73. The fourth-order valence-corrected chi connectivity index (χ4v) is 3.03. The van der Waals surface area contributed by atoms with E-state index >= 15 is 0 Å². The van der Waals surface area contributed by atoms with Crippen LogP contribution >= 0.6 is 0 Å². The Morgan fingerprint density at radius 2 is 2.24 bits per heavy atom. The lowest BCUT2D eigenvalue weighted by Crippen LogP contribution is -2.40. The lowest BCUT2D eigenvalue weighted by Gasteiger charge is -2.32. The summed E-state index contributed by atoms with van der Waals surface area (Å²) in [5.41, 5.74) is 2.33. The first kappa shape index (κ1) is 17.5. The molecule has 134 valence electrons. The average Bonchev–Trinajstić information content (AvgIpc) is 2.99. The molecule has 8 heteroatoms. The topological polar surface area (TPSA) is 76.4 Å². The van der Waals surface area contributed by atoms with E-state index in [1.165, 1.54) is 0 Å². The number of carbonyl (C=O) groups excluding carboxylic acids is 1. The van der Waals surface area contributed by atoms with E-state index < -0.39 is 0 Å². The van der Waals surface area contributed by atoms with Crippen LogP contribution in [0.2, 0.25) is 0 Å². The molecule has 2 aromatic heterocycles. The molecule has 0 spiro atoms. The zero-order chi connectivity index (χ0) is 17.8. The van der Waals surface area contributed by atoms with E-state index in [1.54, 1.807) is 27.9 Å². The van der Waals surface area contributed by atoms with Gasteiger partial charge in [0, 0.05) is 32.3 Å². The molecule has 25 heavy (non-hydrogen) atoms. The molecular formula is C17H24N6O2. The van der Waals surface area contributed by atoms with Crippen LogP contribution < -0.4 is 0 Å². The molecule has 0 saturated carbocycles. The molecule has 0 N–H and O–H groups in total. The number of hydrogen-bond donors (Lipinski definition) is 0. The predicted octanol–water partition coefficient (Wildman–Crippen LogP) is 0.528. The van der Waals surface area contributed by atoms with Gasteiger partial charge >= 0.3 is 0 Å². The van der Waals surface area contributed by atoms with Crippen LogP contribution in [0.3, 0.4) is 0 Å². The molecule has 0 bridgehead atoms. The molecule has 3 heterocycles. The molecule has 0 fully saturated rings. The normalized spacial score (nSPS) is 17.0. The number of pyridine rings is 1. The van der Waals surface area contributed by atoms with Gasteiger partial charge in [0.05, 0.1) is 25.5 Å². The minimum atomic E-state index is -0.0878. The number of fused-ring (bicyclic) bond motifs is 1. The average molecular weight is 344 g/mol. The van der Waals surface area contributed by atoms with Gasteiger partial charge in [-0.1, -0.05) is 11.3 Å². The monoisotopic (exact) mass is 344 g/mol. The summed E-state index contributed by atoms with van der Waals surface area (Å²) in [6.45, 7) is 3.07. The number of carbonyl (C=O) groups is 1. The summed E-state index contributed by atoms with van der Waals surface area (Å²) in [5, 5.41) is 8.34. The highest BCUT2D eigenvalue weighted by Crippen LogP contribution is 2.27. The fourth-order valence-electron chi connectivity index (χ4n) is 3.03. The van der Waals surface area contributed by atoms with E-state index in [0.717, 1.165) is 17.9 Å². The van der Waals surface area contributed by atoms with E-state index in [-0.39, 0.29) is 11.8 Å². The third-order valence-corrected chi connectivity index (χ3v) is 4.29. The van der Waals surface area contributed by atoms with Gasteiger partial charge in [-0.05, 0) is 26.2 Å². The summed E-state index contributed by atoms with van der Waals surface area (Å²) in [6, 6.07) is 5.35. The zero-order valence-electron chi connectivity index (χ0n) is 14.9. The number of ether oxygens (including phenoxy) is 1. The van der Waals surface area contributed by atoms with Crippen LogP contribution in [0.1, 0.15) is 27.8 Å². The maximum absolute atomic E-state index is 12.7. The summed E-state index contributed by atoms with van der Waals surface area (Å²) < 4.78 is 7.62.